The van der Waals surface area contributed by atoms with Crippen LogP contribution in [0.3, 0.4) is 0 Å². The van der Waals surface area contributed by atoms with Crippen molar-refractivity contribution >= 4 is 9.84 Å². The Morgan fingerprint density at radius 2 is 2.33 bits per heavy atom. The fourth-order valence-electron chi connectivity index (χ4n) is 2.29. The first-order valence-corrected chi connectivity index (χ1v) is 7.72. The molecular formula is C12H18N2O3S. The van der Waals surface area contributed by atoms with Crippen molar-refractivity contribution in [3.05, 3.63) is 29.6 Å². The lowest BCUT2D eigenvalue weighted by molar-refractivity contribution is 0.126. The molecular weight excluding hydrogens is 252 g/mol. The molecule has 2 atom stereocenters. The molecule has 0 spiro atoms. The van der Waals surface area contributed by atoms with Crippen molar-refractivity contribution < 1.29 is 13.2 Å². The van der Waals surface area contributed by atoms with E-state index in [-0.39, 0.29) is 18.4 Å². The Hall–Kier alpha value is -0.980. The molecule has 0 saturated carbocycles. The lowest BCUT2D eigenvalue weighted by Gasteiger charge is -2.16. The number of rotatable bonds is 4. The SMILES string of the molecule is CC1OCCC1S(=O)(=O)Cc1cccnc1CN. The molecule has 1 aliphatic heterocycles. The molecule has 2 N–H and O–H groups in total. The molecule has 6 heteroatoms. The van der Waals surface area contributed by atoms with Crippen LogP contribution in [0.4, 0.5) is 0 Å². The zero-order valence-electron chi connectivity index (χ0n) is 10.4. The Morgan fingerprint density at radius 3 is 2.94 bits per heavy atom. The zero-order valence-corrected chi connectivity index (χ0v) is 11.2. The maximum Gasteiger partial charge on any atom is 0.159 e. The average molecular weight is 270 g/mol. The van der Waals surface area contributed by atoms with Crippen molar-refractivity contribution in [2.45, 2.75) is 37.0 Å². The highest BCUT2D eigenvalue weighted by atomic mass is 32.2. The standard InChI is InChI=1S/C12H18N2O3S/c1-9-12(4-6-17-9)18(15,16)8-10-3-2-5-14-11(10)7-13/h2-3,5,9,12H,4,6-8,13H2,1H3. The largest absolute Gasteiger partial charge is 0.377 e. The van der Waals surface area contributed by atoms with Gasteiger partial charge in [-0.3, -0.25) is 4.98 Å². The number of hydrogen-bond donors (Lipinski definition) is 1. The van der Waals surface area contributed by atoms with Gasteiger partial charge in [-0.1, -0.05) is 6.07 Å². The van der Waals surface area contributed by atoms with Gasteiger partial charge in [-0.2, -0.15) is 0 Å². The smallest absolute Gasteiger partial charge is 0.159 e. The van der Waals surface area contributed by atoms with Gasteiger partial charge in [0.1, 0.15) is 0 Å². The minimum absolute atomic E-state index is 0.00819. The van der Waals surface area contributed by atoms with E-state index in [1.165, 1.54) is 0 Å². The van der Waals surface area contributed by atoms with Crippen LogP contribution in [0, 0.1) is 0 Å². The van der Waals surface area contributed by atoms with Gasteiger partial charge < -0.3 is 10.5 Å². The van der Waals surface area contributed by atoms with Gasteiger partial charge in [0.2, 0.25) is 0 Å². The summed E-state index contributed by atoms with van der Waals surface area (Å²) >= 11 is 0. The van der Waals surface area contributed by atoms with E-state index in [0.29, 0.717) is 24.3 Å². The van der Waals surface area contributed by atoms with Gasteiger partial charge in [0.05, 0.1) is 22.8 Å². The predicted octanol–water partition coefficient (Wildman–Crippen LogP) is 0.633. The maximum absolute atomic E-state index is 12.3. The molecule has 2 heterocycles. The number of aromatic nitrogens is 1. The highest BCUT2D eigenvalue weighted by Crippen LogP contribution is 2.24. The van der Waals surface area contributed by atoms with E-state index < -0.39 is 15.1 Å². The van der Waals surface area contributed by atoms with E-state index in [1.54, 1.807) is 18.3 Å². The van der Waals surface area contributed by atoms with Gasteiger partial charge in [-0.25, -0.2) is 8.42 Å². The molecule has 1 saturated heterocycles. The highest BCUT2D eigenvalue weighted by Gasteiger charge is 2.35. The molecule has 18 heavy (non-hydrogen) atoms. The van der Waals surface area contributed by atoms with E-state index in [4.69, 9.17) is 10.5 Å². The van der Waals surface area contributed by atoms with Gasteiger partial charge in [-0.15, -0.1) is 0 Å². The molecule has 0 aromatic carbocycles. The molecule has 100 valence electrons. The number of nitrogens with two attached hydrogens (primary N) is 1. The summed E-state index contributed by atoms with van der Waals surface area (Å²) < 4.78 is 30.0. The summed E-state index contributed by atoms with van der Waals surface area (Å²) in [6, 6.07) is 3.51. The summed E-state index contributed by atoms with van der Waals surface area (Å²) in [6.07, 6.45) is 1.97. The lowest BCUT2D eigenvalue weighted by Crippen LogP contribution is -2.29. The fraction of sp³-hybridized carbons (Fsp3) is 0.583. The van der Waals surface area contributed by atoms with Crippen molar-refractivity contribution in [1.82, 2.24) is 4.98 Å². The Kier molecular flexibility index (Phi) is 3.99. The average Bonchev–Trinajstić information content (AvgIpc) is 2.76. The van der Waals surface area contributed by atoms with Gasteiger partial charge >= 0.3 is 0 Å². The summed E-state index contributed by atoms with van der Waals surface area (Å²) in [5.74, 6) is -0.00819. The predicted molar refractivity (Wildman–Crippen MR) is 68.6 cm³/mol. The Balaban J connectivity index is 2.22. The van der Waals surface area contributed by atoms with E-state index in [2.05, 4.69) is 4.98 Å². The normalized spacial score (nSPS) is 24.3. The molecule has 1 aromatic rings. The molecule has 0 aliphatic carbocycles. The van der Waals surface area contributed by atoms with Crippen molar-refractivity contribution in [1.29, 1.82) is 0 Å². The van der Waals surface area contributed by atoms with Gasteiger partial charge in [0, 0.05) is 19.3 Å². The number of pyridine rings is 1. The highest BCUT2D eigenvalue weighted by molar-refractivity contribution is 7.91. The van der Waals surface area contributed by atoms with Crippen molar-refractivity contribution in [2.75, 3.05) is 6.61 Å². The minimum atomic E-state index is -3.22. The summed E-state index contributed by atoms with van der Waals surface area (Å²) in [7, 11) is -3.22. The number of nitrogens with zero attached hydrogens (tertiary/aromatic N) is 1. The second kappa shape index (κ2) is 5.34. The van der Waals surface area contributed by atoms with Crippen LogP contribution in [0.1, 0.15) is 24.6 Å². The Morgan fingerprint density at radius 1 is 1.56 bits per heavy atom. The van der Waals surface area contributed by atoms with Crippen LogP contribution < -0.4 is 5.73 Å². The number of sulfone groups is 1. The first-order valence-electron chi connectivity index (χ1n) is 6.00. The first-order chi connectivity index (χ1) is 8.54. The maximum atomic E-state index is 12.3. The van der Waals surface area contributed by atoms with Crippen LogP contribution in [-0.2, 0) is 26.9 Å². The summed E-state index contributed by atoms with van der Waals surface area (Å²) in [5.41, 5.74) is 6.91. The van der Waals surface area contributed by atoms with Crippen molar-refractivity contribution in [3.8, 4) is 0 Å². The quantitative estimate of drug-likeness (QED) is 0.868. The van der Waals surface area contributed by atoms with Crippen LogP contribution in [0.15, 0.2) is 18.3 Å². The third kappa shape index (κ3) is 2.71. The number of hydrogen-bond acceptors (Lipinski definition) is 5. The summed E-state index contributed by atoms with van der Waals surface area (Å²) in [4.78, 5) is 4.11. The number of ether oxygens (including phenoxy) is 1. The Labute approximate surface area is 107 Å². The third-order valence-corrected chi connectivity index (χ3v) is 5.56. The third-order valence-electron chi connectivity index (χ3n) is 3.30. The van der Waals surface area contributed by atoms with Gasteiger partial charge in [-0.05, 0) is 25.0 Å². The fourth-order valence-corrected chi connectivity index (χ4v) is 4.32. The zero-order chi connectivity index (χ0) is 13.2. The lowest BCUT2D eigenvalue weighted by atomic mass is 10.2. The molecule has 1 aromatic heterocycles. The van der Waals surface area contributed by atoms with E-state index in [1.807, 2.05) is 6.92 Å². The van der Waals surface area contributed by atoms with E-state index in [9.17, 15) is 8.42 Å². The summed E-state index contributed by atoms with van der Waals surface area (Å²) in [5, 5.41) is -0.414. The first kappa shape index (κ1) is 13.5. The molecule has 0 bridgehead atoms. The molecule has 2 unspecified atom stereocenters. The molecule has 0 radical (unpaired) electrons. The van der Waals surface area contributed by atoms with E-state index in [0.717, 1.165) is 0 Å². The molecule has 1 fully saturated rings. The second-order valence-electron chi connectivity index (χ2n) is 4.52. The van der Waals surface area contributed by atoms with Crippen LogP contribution in [0.2, 0.25) is 0 Å². The second-order valence-corrected chi connectivity index (χ2v) is 6.74. The van der Waals surface area contributed by atoms with Crippen LogP contribution >= 0.6 is 0 Å². The van der Waals surface area contributed by atoms with Crippen molar-refractivity contribution in [2.24, 2.45) is 5.73 Å². The van der Waals surface area contributed by atoms with Crippen molar-refractivity contribution in [3.63, 3.8) is 0 Å². The van der Waals surface area contributed by atoms with Gasteiger partial charge in [0.25, 0.3) is 0 Å². The molecule has 2 rings (SSSR count). The molecule has 1 aliphatic rings. The molecule has 5 nitrogen and oxygen atoms in total. The Bertz CT molecular complexity index is 516. The molecule has 0 amide bonds. The summed E-state index contributed by atoms with van der Waals surface area (Å²) in [6.45, 7) is 2.58. The minimum Gasteiger partial charge on any atom is -0.377 e. The van der Waals surface area contributed by atoms with Gasteiger partial charge in [0.15, 0.2) is 9.84 Å². The monoisotopic (exact) mass is 270 g/mol. The topological polar surface area (TPSA) is 82.3 Å². The van der Waals surface area contributed by atoms with Crippen LogP contribution in [-0.4, -0.2) is 31.4 Å². The van der Waals surface area contributed by atoms with E-state index >= 15 is 0 Å². The van der Waals surface area contributed by atoms with Crippen LogP contribution in [0.25, 0.3) is 0 Å². The van der Waals surface area contributed by atoms with Crippen LogP contribution in [0.5, 0.6) is 0 Å².